The third-order valence-corrected chi connectivity index (χ3v) is 4.36. The Morgan fingerprint density at radius 2 is 1.83 bits per heavy atom. The molecule has 24 heavy (non-hydrogen) atoms. The van der Waals surface area contributed by atoms with E-state index in [-0.39, 0.29) is 22.8 Å². The molecule has 1 aliphatic heterocycles. The van der Waals surface area contributed by atoms with Gasteiger partial charge in [0.2, 0.25) is 0 Å². The highest BCUT2D eigenvalue weighted by Crippen LogP contribution is 2.35. The molecule has 2 heterocycles. The third kappa shape index (κ3) is 2.91. The number of hydrogen-bond acceptors (Lipinski definition) is 3. The van der Waals surface area contributed by atoms with Crippen LogP contribution in [0.25, 0.3) is 11.3 Å². The first-order chi connectivity index (χ1) is 11.5. The first-order valence-electron chi connectivity index (χ1n) is 7.75. The number of rotatable bonds is 3. The van der Waals surface area contributed by atoms with Crippen molar-refractivity contribution in [3.63, 3.8) is 0 Å². The SMILES string of the molecule is CCn1c(-c2c(F)cccc2F)c(N2CCOCC2)cc(Cl)c1=O. The average Bonchev–Trinajstić information content (AvgIpc) is 2.58. The van der Waals surface area contributed by atoms with Crippen molar-refractivity contribution in [3.8, 4) is 11.3 Å². The van der Waals surface area contributed by atoms with Crippen molar-refractivity contribution < 1.29 is 13.5 Å². The number of aromatic nitrogens is 1. The van der Waals surface area contributed by atoms with Gasteiger partial charge in [0.25, 0.3) is 5.56 Å². The van der Waals surface area contributed by atoms with E-state index < -0.39 is 17.2 Å². The molecule has 3 rings (SSSR count). The number of hydrogen-bond donors (Lipinski definition) is 0. The maximum Gasteiger partial charge on any atom is 0.269 e. The number of morpholine rings is 1. The summed E-state index contributed by atoms with van der Waals surface area (Å²) in [5, 5.41) is 0.0267. The number of benzene rings is 1. The summed E-state index contributed by atoms with van der Waals surface area (Å²) in [4.78, 5) is 14.3. The first-order valence-corrected chi connectivity index (χ1v) is 8.12. The second-order valence-corrected chi connectivity index (χ2v) is 5.88. The molecule has 0 spiro atoms. The van der Waals surface area contributed by atoms with E-state index in [1.807, 2.05) is 4.90 Å². The van der Waals surface area contributed by atoms with Crippen LogP contribution in [0.3, 0.4) is 0 Å². The van der Waals surface area contributed by atoms with Gasteiger partial charge in [-0.05, 0) is 25.1 Å². The van der Waals surface area contributed by atoms with E-state index in [1.54, 1.807) is 6.92 Å². The Balaban J connectivity index is 2.33. The van der Waals surface area contributed by atoms with E-state index in [1.165, 1.54) is 28.8 Å². The second kappa shape index (κ2) is 6.91. The quantitative estimate of drug-likeness (QED) is 0.848. The lowest BCUT2D eigenvalue weighted by Gasteiger charge is -2.32. The lowest BCUT2D eigenvalue weighted by atomic mass is 10.1. The molecule has 0 unspecified atom stereocenters. The molecular weight excluding hydrogens is 338 g/mol. The van der Waals surface area contributed by atoms with E-state index in [0.29, 0.717) is 32.0 Å². The zero-order chi connectivity index (χ0) is 17.3. The average molecular weight is 355 g/mol. The summed E-state index contributed by atoms with van der Waals surface area (Å²) in [6.45, 7) is 4.11. The van der Waals surface area contributed by atoms with Crippen molar-refractivity contribution >= 4 is 17.3 Å². The van der Waals surface area contributed by atoms with Crippen molar-refractivity contribution in [3.05, 3.63) is 51.3 Å². The monoisotopic (exact) mass is 354 g/mol. The maximum atomic E-state index is 14.4. The molecule has 1 aliphatic rings. The number of halogens is 3. The molecule has 0 amide bonds. The Morgan fingerprint density at radius 1 is 1.21 bits per heavy atom. The fourth-order valence-corrected chi connectivity index (χ4v) is 3.16. The van der Waals surface area contributed by atoms with E-state index in [2.05, 4.69) is 0 Å². The summed E-state index contributed by atoms with van der Waals surface area (Å²) >= 11 is 6.08. The summed E-state index contributed by atoms with van der Waals surface area (Å²) in [6.07, 6.45) is 0. The predicted molar refractivity (Wildman–Crippen MR) is 89.8 cm³/mol. The van der Waals surface area contributed by atoms with Gasteiger partial charge in [-0.3, -0.25) is 4.79 Å². The van der Waals surface area contributed by atoms with Gasteiger partial charge < -0.3 is 14.2 Å². The van der Waals surface area contributed by atoms with Crippen molar-refractivity contribution in [2.45, 2.75) is 13.5 Å². The van der Waals surface area contributed by atoms with E-state index in [0.717, 1.165) is 0 Å². The fourth-order valence-electron chi connectivity index (χ4n) is 2.95. The molecule has 4 nitrogen and oxygen atoms in total. The first kappa shape index (κ1) is 16.9. The van der Waals surface area contributed by atoms with Gasteiger partial charge in [0.15, 0.2) is 0 Å². The van der Waals surface area contributed by atoms with Crippen LogP contribution in [0.1, 0.15) is 6.92 Å². The van der Waals surface area contributed by atoms with E-state index >= 15 is 0 Å². The minimum Gasteiger partial charge on any atom is -0.378 e. The van der Waals surface area contributed by atoms with Crippen LogP contribution in [0.4, 0.5) is 14.5 Å². The topological polar surface area (TPSA) is 34.5 Å². The van der Waals surface area contributed by atoms with Gasteiger partial charge in [0, 0.05) is 19.6 Å². The Labute approximate surface area is 143 Å². The molecule has 7 heteroatoms. The van der Waals surface area contributed by atoms with Crippen LogP contribution in [0.5, 0.6) is 0 Å². The molecule has 1 aromatic carbocycles. The highest BCUT2D eigenvalue weighted by Gasteiger charge is 2.25. The lowest BCUT2D eigenvalue weighted by molar-refractivity contribution is 0.122. The van der Waals surface area contributed by atoms with Gasteiger partial charge in [0.05, 0.1) is 30.2 Å². The van der Waals surface area contributed by atoms with Gasteiger partial charge in [-0.1, -0.05) is 17.7 Å². The molecule has 0 saturated carbocycles. The minimum absolute atomic E-state index is 0.0267. The van der Waals surface area contributed by atoms with Crippen molar-refractivity contribution in [1.29, 1.82) is 0 Å². The molecule has 0 atom stereocenters. The largest absolute Gasteiger partial charge is 0.378 e. The molecule has 1 aromatic heterocycles. The molecule has 0 bridgehead atoms. The van der Waals surface area contributed by atoms with Gasteiger partial charge in [-0.15, -0.1) is 0 Å². The maximum absolute atomic E-state index is 14.4. The zero-order valence-electron chi connectivity index (χ0n) is 13.2. The van der Waals surface area contributed by atoms with E-state index in [4.69, 9.17) is 16.3 Å². The van der Waals surface area contributed by atoms with Crippen LogP contribution < -0.4 is 10.5 Å². The van der Waals surface area contributed by atoms with Crippen LogP contribution in [-0.2, 0) is 11.3 Å². The molecule has 0 radical (unpaired) electrons. The highest BCUT2D eigenvalue weighted by molar-refractivity contribution is 6.30. The standard InChI is InChI=1S/C17H17ClF2N2O2/c1-2-22-16(15-12(19)4-3-5-13(15)20)14(10-11(18)17(22)23)21-6-8-24-9-7-21/h3-5,10H,2,6-9H2,1H3. The molecule has 1 fully saturated rings. The smallest absolute Gasteiger partial charge is 0.269 e. The normalized spacial score (nSPS) is 14.9. The summed E-state index contributed by atoms with van der Waals surface area (Å²) in [7, 11) is 0. The molecule has 2 aromatic rings. The number of ether oxygens (including phenoxy) is 1. The Morgan fingerprint density at radius 3 is 2.42 bits per heavy atom. The molecule has 0 aliphatic carbocycles. The Hall–Kier alpha value is -1.92. The van der Waals surface area contributed by atoms with Gasteiger partial charge in [-0.2, -0.15) is 0 Å². The summed E-state index contributed by atoms with van der Waals surface area (Å²) in [5.41, 5.74) is 0.0709. The van der Waals surface area contributed by atoms with Crippen molar-refractivity contribution in [2.75, 3.05) is 31.2 Å². The van der Waals surface area contributed by atoms with Crippen LogP contribution in [-0.4, -0.2) is 30.9 Å². The predicted octanol–water partition coefficient (Wildman–Crippen LogP) is 3.30. The van der Waals surface area contributed by atoms with Gasteiger partial charge in [0.1, 0.15) is 16.7 Å². The number of anilines is 1. The van der Waals surface area contributed by atoms with Crippen molar-refractivity contribution in [2.24, 2.45) is 0 Å². The summed E-state index contributed by atoms with van der Waals surface area (Å²) < 4.78 is 35.4. The van der Waals surface area contributed by atoms with Crippen LogP contribution in [0.15, 0.2) is 29.1 Å². The zero-order valence-corrected chi connectivity index (χ0v) is 13.9. The van der Waals surface area contributed by atoms with Gasteiger partial charge in [-0.25, -0.2) is 8.78 Å². The highest BCUT2D eigenvalue weighted by atomic mass is 35.5. The van der Waals surface area contributed by atoms with Crippen LogP contribution in [0.2, 0.25) is 5.02 Å². The number of nitrogens with zero attached hydrogens (tertiary/aromatic N) is 2. The van der Waals surface area contributed by atoms with Crippen molar-refractivity contribution in [1.82, 2.24) is 4.57 Å². The fraction of sp³-hybridized carbons (Fsp3) is 0.353. The molecule has 128 valence electrons. The third-order valence-electron chi connectivity index (χ3n) is 4.09. The molecular formula is C17H17ClF2N2O2. The van der Waals surface area contributed by atoms with Crippen LogP contribution in [0, 0.1) is 11.6 Å². The molecule has 0 N–H and O–H groups in total. The Bertz CT molecular complexity index is 797. The summed E-state index contributed by atoms with van der Waals surface area (Å²) in [6, 6.07) is 5.15. The lowest BCUT2D eigenvalue weighted by Crippen LogP contribution is -2.38. The number of pyridine rings is 1. The second-order valence-electron chi connectivity index (χ2n) is 5.47. The molecule has 1 saturated heterocycles. The van der Waals surface area contributed by atoms with Gasteiger partial charge >= 0.3 is 0 Å². The van der Waals surface area contributed by atoms with E-state index in [9.17, 15) is 13.6 Å². The minimum atomic E-state index is -0.714. The van der Waals surface area contributed by atoms with Crippen LogP contribution >= 0.6 is 11.6 Å². The summed E-state index contributed by atoms with van der Waals surface area (Å²) in [5.74, 6) is -1.43. The Kier molecular flexibility index (Phi) is 4.87.